The number of benzene rings is 3. The molecule has 72 heavy (non-hydrogen) atoms. The molecule has 0 bridgehead atoms. The van der Waals surface area contributed by atoms with Crippen LogP contribution in [0.4, 0.5) is 11.4 Å². The maximum Gasteiger partial charge on any atom is 0.246 e. The van der Waals surface area contributed by atoms with Gasteiger partial charge in [-0.2, -0.15) is 0 Å². The minimum Gasteiger partial charge on any atom is -0.392 e. The van der Waals surface area contributed by atoms with Gasteiger partial charge in [0.05, 0.1) is 125 Å². The maximum absolute atomic E-state index is 13.3. The van der Waals surface area contributed by atoms with E-state index in [1.54, 1.807) is 49.9 Å². The lowest BCUT2D eigenvalue weighted by molar-refractivity contribution is -0.132. The van der Waals surface area contributed by atoms with Gasteiger partial charge in [0.2, 0.25) is 29.5 Å². The monoisotopic (exact) mass is 1000 g/mol. The van der Waals surface area contributed by atoms with Gasteiger partial charge >= 0.3 is 0 Å². The van der Waals surface area contributed by atoms with Crippen molar-refractivity contribution in [3.63, 3.8) is 0 Å². The Kier molecular flexibility index (Phi) is 28.9. The number of ether oxygens (including phenoxy) is 8. The highest BCUT2D eigenvalue weighted by Gasteiger charge is 2.27. The Bertz CT molecular complexity index is 2150. The van der Waals surface area contributed by atoms with Gasteiger partial charge in [-0.3, -0.25) is 24.0 Å². The standard InChI is InChI=1S/C53H73N5O14/c1-40(2)51(53(64)55-41(3)52(63)56-46-16-12-42(39-59)13-17-46)57-49(61)20-22-65-24-26-67-28-30-69-32-34-71-36-37-72-35-33-70-31-29-68-27-25-66-23-21-54-48(60)18-19-50(62)58-38-45-10-5-4-8-43(45)14-15-44-9-6-7-11-47(44)58/h4-13,16-17,40-41,51,59H,18-39H2,1-3H3,(H,54,60)(H,55,64)(H,56,63)(H,57,61)/t41-,51-/m1/s1. The van der Waals surface area contributed by atoms with Gasteiger partial charge in [-0.05, 0) is 54.3 Å². The molecule has 0 spiro atoms. The fraction of sp³-hybridized carbons (Fsp3) is 0.528. The number of anilines is 2. The molecule has 0 saturated heterocycles. The van der Waals surface area contributed by atoms with Crippen molar-refractivity contribution in [2.45, 2.75) is 65.3 Å². The van der Waals surface area contributed by atoms with Crippen LogP contribution in [0.5, 0.6) is 0 Å². The van der Waals surface area contributed by atoms with E-state index in [-0.39, 0.29) is 62.7 Å². The summed E-state index contributed by atoms with van der Waals surface area (Å²) in [6.07, 6.45) is 0.198. The third kappa shape index (κ3) is 23.6. The van der Waals surface area contributed by atoms with E-state index >= 15 is 0 Å². The first-order valence-electron chi connectivity index (χ1n) is 24.5. The van der Waals surface area contributed by atoms with Crippen molar-refractivity contribution in [3.8, 4) is 11.8 Å². The predicted molar refractivity (Wildman–Crippen MR) is 269 cm³/mol. The van der Waals surface area contributed by atoms with Crippen LogP contribution >= 0.6 is 0 Å². The highest BCUT2D eigenvalue weighted by molar-refractivity contribution is 5.98. The van der Waals surface area contributed by atoms with E-state index in [1.165, 1.54) is 0 Å². The van der Waals surface area contributed by atoms with Crippen LogP contribution in [0.3, 0.4) is 0 Å². The molecule has 0 fully saturated rings. The number of hydrogen-bond donors (Lipinski definition) is 5. The molecule has 1 aliphatic heterocycles. The number of aliphatic hydroxyl groups is 1. The van der Waals surface area contributed by atoms with Crippen molar-refractivity contribution >= 4 is 40.9 Å². The third-order valence-corrected chi connectivity index (χ3v) is 10.8. The highest BCUT2D eigenvalue weighted by Crippen LogP contribution is 2.26. The summed E-state index contributed by atoms with van der Waals surface area (Å²) in [5.41, 5.74) is 4.61. The molecule has 19 nitrogen and oxygen atoms in total. The maximum atomic E-state index is 13.3. The second-order valence-corrected chi connectivity index (χ2v) is 16.8. The van der Waals surface area contributed by atoms with Gasteiger partial charge in [0.25, 0.3) is 0 Å². The van der Waals surface area contributed by atoms with E-state index in [4.69, 9.17) is 37.9 Å². The van der Waals surface area contributed by atoms with E-state index in [2.05, 4.69) is 33.1 Å². The average Bonchev–Trinajstić information content (AvgIpc) is 3.37. The van der Waals surface area contributed by atoms with Crippen LogP contribution in [-0.4, -0.2) is 159 Å². The number of carbonyl (C=O) groups is 5. The molecule has 2 atom stereocenters. The minimum atomic E-state index is -0.849. The van der Waals surface area contributed by atoms with Crippen molar-refractivity contribution in [1.82, 2.24) is 16.0 Å². The SMILES string of the molecule is CC(C)[C@@H](NC(=O)CCOCCOCCOCCOCCOCCOCCOCCOCCNC(=O)CCC(=O)N1Cc2ccccc2C#Cc2ccccc21)C(=O)N[C@H](C)C(=O)Nc1ccc(CO)cc1. The molecule has 3 aromatic rings. The molecular formula is C53H73N5O14. The normalized spacial score (nSPS) is 12.6. The minimum absolute atomic E-state index is 0.0541. The summed E-state index contributed by atoms with van der Waals surface area (Å²) < 4.78 is 44.1. The smallest absolute Gasteiger partial charge is 0.246 e. The lowest BCUT2D eigenvalue weighted by Gasteiger charge is -2.26. The van der Waals surface area contributed by atoms with Crippen LogP contribution in [0.1, 0.15) is 62.3 Å². The molecule has 0 saturated carbocycles. The first-order valence-corrected chi connectivity index (χ1v) is 24.5. The Hall–Kier alpha value is -5.79. The van der Waals surface area contributed by atoms with E-state index in [0.29, 0.717) is 117 Å². The molecule has 0 unspecified atom stereocenters. The Morgan fingerprint density at radius 3 is 1.61 bits per heavy atom. The van der Waals surface area contributed by atoms with Gasteiger partial charge in [0.1, 0.15) is 12.1 Å². The molecule has 4 rings (SSSR count). The predicted octanol–water partition coefficient (Wildman–Crippen LogP) is 3.13. The quantitative estimate of drug-likeness (QED) is 0.0413. The Morgan fingerprint density at radius 1 is 0.556 bits per heavy atom. The number of para-hydroxylation sites is 1. The van der Waals surface area contributed by atoms with Crippen molar-refractivity contribution < 1.29 is 67.0 Å². The zero-order valence-corrected chi connectivity index (χ0v) is 41.9. The van der Waals surface area contributed by atoms with Crippen LogP contribution in [0, 0.1) is 17.8 Å². The zero-order chi connectivity index (χ0) is 51.6. The summed E-state index contributed by atoms with van der Waals surface area (Å²) >= 11 is 0. The van der Waals surface area contributed by atoms with Gasteiger partial charge in [-0.1, -0.05) is 68.2 Å². The largest absolute Gasteiger partial charge is 0.392 e. The molecule has 0 radical (unpaired) electrons. The summed E-state index contributed by atoms with van der Waals surface area (Å²) in [6.45, 7) is 11.8. The molecule has 5 amide bonds. The lowest BCUT2D eigenvalue weighted by Crippen LogP contribution is -2.53. The Balaban J connectivity index is 0.854. The molecular weight excluding hydrogens is 931 g/mol. The van der Waals surface area contributed by atoms with E-state index < -0.39 is 23.9 Å². The molecule has 0 aliphatic carbocycles. The Labute approximate surface area is 423 Å². The topological polar surface area (TPSA) is 231 Å². The molecule has 5 N–H and O–H groups in total. The number of amides is 5. The third-order valence-electron chi connectivity index (χ3n) is 10.8. The number of fused-ring (bicyclic) bond motifs is 2. The van der Waals surface area contributed by atoms with Crippen LogP contribution in [0.15, 0.2) is 72.8 Å². The van der Waals surface area contributed by atoms with E-state index in [9.17, 15) is 29.1 Å². The van der Waals surface area contributed by atoms with Crippen molar-refractivity contribution in [1.29, 1.82) is 0 Å². The number of carbonyl (C=O) groups excluding carboxylic acids is 5. The molecule has 394 valence electrons. The number of nitrogens with one attached hydrogen (secondary N) is 4. The van der Waals surface area contributed by atoms with Crippen molar-refractivity contribution in [3.05, 3.63) is 95.1 Å². The zero-order valence-electron chi connectivity index (χ0n) is 41.9. The van der Waals surface area contributed by atoms with Gasteiger partial charge in [-0.15, -0.1) is 0 Å². The molecule has 1 aliphatic rings. The molecule has 19 heteroatoms. The summed E-state index contributed by atoms with van der Waals surface area (Å²) in [5, 5.41) is 20.1. The summed E-state index contributed by atoms with van der Waals surface area (Å²) in [5.74, 6) is 4.58. The molecule has 1 heterocycles. The van der Waals surface area contributed by atoms with Gasteiger partial charge in [0.15, 0.2) is 0 Å². The van der Waals surface area contributed by atoms with Gasteiger partial charge in [-0.25, -0.2) is 0 Å². The van der Waals surface area contributed by atoms with Gasteiger partial charge in [0, 0.05) is 42.6 Å². The summed E-state index contributed by atoms with van der Waals surface area (Å²) in [4.78, 5) is 65.6. The molecule has 3 aromatic carbocycles. The number of hydrogen-bond acceptors (Lipinski definition) is 14. The van der Waals surface area contributed by atoms with Crippen LogP contribution in [0.25, 0.3) is 0 Å². The second-order valence-electron chi connectivity index (χ2n) is 16.8. The first-order chi connectivity index (χ1) is 35.0. The van der Waals surface area contributed by atoms with Crippen molar-refractivity contribution in [2.24, 2.45) is 5.92 Å². The Morgan fingerprint density at radius 2 is 1.06 bits per heavy atom. The van der Waals surface area contributed by atoms with E-state index in [0.717, 1.165) is 22.4 Å². The van der Waals surface area contributed by atoms with Crippen LogP contribution < -0.4 is 26.2 Å². The average molecular weight is 1000 g/mol. The number of rotatable bonds is 37. The molecule has 0 aromatic heterocycles. The number of nitrogens with zero attached hydrogens (tertiary/aromatic N) is 1. The lowest BCUT2D eigenvalue weighted by atomic mass is 10.0. The fourth-order valence-electron chi connectivity index (χ4n) is 6.81. The van der Waals surface area contributed by atoms with Crippen LogP contribution in [0.2, 0.25) is 0 Å². The van der Waals surface area contributed by atoms with Crippen LogP contribution in [-0.2, 0) is 75.0 Å². The van der Waals surface area contributed by atoms with E-state index in [1.807, 2.05) is 48.5 Å². The second kappa shape index (κ2) is 35.3. The highest BCUT2D eigenvalue weighted by atomic mass is 16.6. The van der Waals surface area contributed by atoms with Crippen molar-refractivity contribution in [2.75, 3.05) is 122 Å². The summed E-state index contributed by atoms with van der Waals surface area (Å²) in [7, 11) is 0. The van der Waals surface area contributed by atoms with Gasteiger partial charge < -0.3 is 69.2 Å². The first kappa shape index (κ1) is 58.8. The fourth-order valence-corrected chi connectivity index (χ4v) is 6.81. The summed E-state index contributed by atoms with van der Waals surface area (Å²) in [6, 6.07) is 20.4. The number of aliphatic hydroxyl groups excluding tert-OH is 1.